The third-order valence-corrected chi connectivity index (χ3v) is 13.7. The first-order valence-electron chi connectivity index (χ1n) is 13.7. The van der Waals surface area contributed by atoms with Crippen LogP contribution in [0.4, 0.5) is 0 Å². The zero-order chi connectivity index (χ0) is 22.7. The molecule has 1 heteroatoms. The zero-order valence-corrected chi connectivity index (χ0v) is 22.0. The van der Waals surface area contributed by atoms with Crippen LogP contribution >= 0.6 is 0 Å². The summed E-state index contributed by atoms with van der Waals surface area (Å²) in [6.45, 7) is 20.7. The van der Waals surface area contributed by atoms with Gasteiger partial charge >= 0.3 is 0 Å². The van der Waals surface area contributed by atoms with Gasteiger partial charge in [0.05, 0.1) is 0 Å². The van der Waals surface area contributed by atoms with Gasteiger partial charge in [-0.25, -0.2) is 0 Å². The van der Waals surface area contributed by atoms with Gasteiger partial charge < -0.3 is 0 Å². The summed E-state index contributed by atoms with van der Waals surface area (Å²) in [5.41, 5.74) is 2.67. The Bertz CT molecular complexity index is 781. The van der Waals surface area contributed by atoms with Crippen LogP contribution in [-0.4, -0.2) is 5.78 Å². The lowest BCUT2D eigenvalue weighted by atomic mass is 9.30. The molecule has 0 aliphatic heterocycles. The second-order valence-corrected chi connectivity index (χ2v) is 15.3. The number of rotatable bonds is 0. The van der Waals surface area contributed by atoms with Crippen molar-refractivity contribution in [3.05, 3.63) is 0 Å². The van der Waals surface area contributed by atoms with Crippen molar-refractivity contribution in [1.29, 1.82) is 0 Å². The van der Waals surface area contributed by atoms with Crippen molar-refractivity contribution >= 4 is 5.78 Å². The van der Waals surface area contributed by atoms with Crippen molar-refractivity contribution in [3.63, 3.8) is 0 Å². The molecule has 0 unspecified atom stereocenters. The number of ketones is 1. The molecule has 0 aromatic heterocycles. The Morgan fingerprint density at radius 3 is 1.97 bits per heavy atom. The quantitative estimate of drug-likeness (QED) is 0.379. The van der Waals surface area contributed by atoms with Crippen molar-refractivity contribution in [2.75, 3.05) is 0 Å². The van der Waals surface area contributed by atoms with Crippen LogP contribution in [0.3, 0.4) is 0 Å². The van der Waals surface area contributed by atoms with Gasteiger partial charge in [-0.2, -0.15) is 0 Å². The molecule has 0 amide bonds. The molecule has 5 rings (SSSR count). The van der Waals surface area contributed by atoms with E-state index in [-0.39, 0.29) is 11.3 Å². The third-order valence-electron chi connectivity index (χ3n) is 13.7. The Labute approximate surface area is 192 Å². The second kappa shape index (κ2) is 6.41. The summed E-state index contributed by atoms with van der Waals surface area (Å²) >= 11 is 0. The van der Waals surface area contributed by atoms with Gasteiger partial charge in [0.15, 0.2) is 0 Å². The fourth-order valence-corrected chi connectivity index (χ4v) is 11.2. The van der Waals surface area contributed by atoms with Crippen LogP contribution < -0.4 is 0 Å². The van der Waals surface area contributed by atoms with E-state index in [1.807, 2.05) is 0 Å². The molecule has 0 N–H and O–H groups in total. The van der Waals surface area contributed by atoms with Crippen LogP contribution in [0.25, 0.3) is 0 Å². The lowest BCUT2D eigenvalue weighted by Crippen LogP contribution is -2.67. The highest BCUT2D eigenvalue weighted by molar-refractivity contribution is 5.82. The molecule has 0 radical (unpaired) electrons. The van der Waals surface area contributed by atoms with Crippen molar-refractivity contribution in [2.45, 2.75) is 126 Å². The van der Waals surface area contributed by atoms with E-state index < -0.39 is 0 Å². The van der Waals surface area contributed by atoms with E-state index in [2.05, 4.69) is 55.4 Å². The van der Waals surface area contributed by atoms with Gasteiger partial charge in [-0.05, 0) is 114 Å². The normalized spacial score (nSPS) is 58.5. The van der Waals surface area contributed by atoms with E-state index in [0.717, 1.165) is 30.6 Å². The van der Waals surface area contributed by atoms with Gasteiger partial charge in [-0.1, -0.05) is 55.4 Å². The molecule has 9 atom stereocenters. The van der Waals surface area contributed by atoms with Gasteiger partial charge in [0.25, 0.3) is 0 Å². The number of fused-ring (bicyclic) bond motifs is 7. The molecule has 0 bridgehead atoms. The van der Waals surface area contributed by atoms with Crippen molar-refractivity contribution in [3.8, 4) is 0 Å². The van der Waals surface area contributed by atoms with E-state index in [9.17, 15) is 4.79 Å². The molecule has 1 nitrogen and oxygen atoms in total. The molecule has 5 aliphatic carbocycles. The van der Waals surface area contributed by atoms with E-state index in [4.69, 9.17) is 0 Å². The molecule has 5 aliphatic rings. The lowest BCUT2D eigenvalue weighted by molar-refractivity contribution is -0.256. The maximum absolute atomic E-state index is 12.7. The molecule has 5 saturated carbocycles. The van der Waals surface area contributed by atoms with E-state index in [1.54, 1.807) is 0 Å². The molecule has 31 heavy (non-hydrogen) atoms. The Kier molecular flexibility index (Phi) is 4.65. The fourth-order valence-electron chi connectivity index (χ4n) is 11.2. The van der Waals surface area contributed by atoms with Crippen LogP contribution in [0, 0.1) is 56.2 Å². The average Bonchev–Trinajstić information content (AvgIpc) is 2.69. The summed E-state index contributed by atoms with van der Waals surface area (Å²) in [6.07, 6.45) is 14.6. The first kappa shape index (κ1) is 22.5. The maximum atomic E-state index is 12.7. The molecule has 0 saturated heterocycles. The van der Waals surface area contributed by atoms with Crippen LogP contribution in [-0.2, 0) is 4.79 Å². The van der Waals surface area contributed by atoms with Crippen LogP contribution in [0.1, 0.15) is 126 Å². The monoisotopic (exact) mass is 426 g/mol. The van der Waals surface area contributed by atoms with Gasteiger partial charge in [0, 0.05) is 12.3 Å². The first-order valence-corrected chi connectivity index (χ1v) is 13.7. The summed E-state index contributed by atoms with van der Waals surface area (Å²) in [4.78, 5) is 12.7. The molecule has 0 heterocycles. The van der Waals surface area contributed by atoms with E-state index in [1.165, 1.54) is 57.8 Å². The van der Waals surface area contributed by atoms with Crippen LogP contribution in [0.5, 0.6) is 0 Å². The maximum Gasteiger partial charge on any atom is 0.136 e. The lowest BCUT2D eigenvalue weighted by Gasteiger charge is -2.74. The van der Waals surface area contributed by atoms with Crippen LogP contribution in [0.2, 0.25) is 0 Å². The largest absolute Gasteiger partial charge is 0.299 e. The van der Waals surface area contributed by atoms with Gasteiger partial charge in [-0.3, -0.25) is 4.79 Å². The highest BCUT2D eigenvalue weighted by atomic mass is 16.1. The van der Waals surface area contributed by atoms with E-state index in [0.29, 0.717) is 32.9 Å². The Morgan fingerprint density at radius 1 is 0.645 bits per heavy atom. The summed E-state index contributed by atoms with van der Waals surface area (Å²) < 4.78 is 0. The minimum atomic E-state index is 0.237. The standard InChI is InChI=1S/C30H50O/c1-20-21(31)9-10-22-27(20,5)12-11-23-28(22,6)16-18-30(8)24-19-25(2,3)13-14-26(24,4)15-17-29(23,30)7/h20,22-24H,9-19H2,1-8H3/t20-,22-,23+,24+,26+,27+,28-,29+,30-/m0/s1. The van der Waals surface area contributed by atoms with Gasteiger partial charge in [0.2, 0.25) is 0 Å². The zero-order valence-electron chi connectivity index (χ0n) is 22.0. The highest BCUT2D eigenvalue weighted by Crippen LogP contribution is 2.78. The smallest absolute Gasteiger partial charge is 0.136 e. The molecule has 5 fully saturated rings. The molecule has 176 valence electrons. The highest BCUT2D eigenvalue weighted by Gasteiger charge is 2.70. The number of Topliss-reactive ketones (excluding diaryl/α,β-unsaturated/α-hetero) is 1. The summed E-state index contributed by atoms with van der Waals surface area (Å²) in [6, 6.07) is 0. The molecule has 0 aromatic carbocycles. The van der Waals surface area contributed by atoms with Crippen molar-refractivity contribution in [1.82, 2.24) is 0 Å². The minimum Gasteiger partial charge on any atom is -0.299 e. The average molecular weight is 427 g/mol. The fraction of sp³-hybridized carbons (Fsp3) is 0.967. The minimum absolute atomic E-state index is 0.237. The SMILES string of the molecule is C[C@H]1C(=O)CC[C@@H]2[C@]3(C)CC[C@@]4(C)[C@@H]5CC(C)(C)CC[C@]5(C)CC[C@]4(C)[C@@H]3CC[C@@]21C. The molecular formula is C30H50O. The van der Waals surface area contributed by atoms with E-state index >= 15 is 0 Å². The molecule has 0 spiro atoms. The second-order valence-electron chi connectivity index (χ2n) is 15.3. The van der Waals surface area contributed by atoms with Gasteiger partial charge in [-0.15, -0.1) is 0 Å². The van der Waals surface area contributed by atoms with Crippen molar-refractivity contribution < 1.29 is 4.79 Å². The predicted molar refractivity (Wildman–Crippen MR) is 130 cm³/mol. The number of hydrogen-bond acceptors (Lipinski definition) is 1. The topological polar surface area (TPSA) is 17.1 Å². The van der Waals surface area contributed by atoms with Gasteiger partial charge in [0.1, 0.15) is 5.78 Å². The Hall–Kier alpha value is -0.330. The third kappa shape index (κ3) is 2.70. The predicted octanol–water partition coefficient (Wildman–Crippen LogP) is 8.46. The molecular weight excluding hydrogens is 376 g/mol. The number of carbonyl (C=O) groups is 1. The Morgan fingerprint density at radius 2 is 1.26 bits per heavy atom. The number of carbonyl (C=O) groups excluding carboxylic acids is 1. The summed E-state index contributed by atoms with van der Waals surface area (Å²) in [5, 5.41) is 0. The van der Waals surface area contributed by atoms with Crippen LogP contribution in [0.15, 0.2) is 0 Å². The van der Waals surface area contributed by atoms with Crippen molar-refractivity contribution in [2.24, 2.45) is 56.2 Å². The molecule has 0 aromatic rings. The summed E-state index contributed by atoms with van der Waals surface area (Å²) in [5.74, 6) is 3.27. The summed E-state index contributed by atoms with van der Waals surface area (Å²) in [7, 11) is 0. The first-order chi connectivity index (χ1) is 14.2. The number of hydrogen-bond donors (Lipinski definition) is 0. The Balaban J connectivity index is 1.55.